The minimum Gasteiger partial charge on any atom is -0.313 e. The van der Waals surface area contributed by atoms with Crippen molar-refractivity contribution in [2.45, 2.75) is 33.7 Å². The Morgan fingerprint density at radius 3 is 2.79 bits per heavy atom. The molecule has 0 aliphatic heterocycles. The van der Waals surface area contributed by atoms with Gasteiger partial charge in [-0.3, -0.25) is 0 Å². The summed E-state index contributed by atoms with van der Waals surface area (Å²) in [6, 6.07) is 1.95. The van der Waals surface area contributed by atoms with E-state index < -0.39 is 0 Å². The molecule has 0 amide bonds. The second kappa shape index (κ2) is 6.12. The Kier molecular flexibility index (Phi) is 4.50. The SMILES string of the molecule is CCCNCc1cc(-n2nc(C)nc2C)ncc1Cl. The van der Waals surface area contributed by atoms with Crippen LogP contribution in [0.3, 0.4) is 0 Å². The van der Waals surface area contributed by atoms with Crippen LogP contribution in [0.1, 0.15) is 30.6 Å². The average Bonchev–Trinajstić information content (AvgIpc) is 2.71. The Bertz CT molecular complexity index is 564. The molecule has 0 spiro atoms. The molecule has 0 aromatic carbocycles. The van der Waals surface area contributed by atoms with Crippen molar-refractivity contribution in [1.82, 2.24) is 25.1 Å². The fraction of sp³-hybridized carbons (Fsp3) is 0.462. The van der Waals surface area contributed by atoms with E-state index in [0.717, 1.165) is 42.5 Å². The Labute approximate surface area is 118 Å². The zero-order chi connectivity index (χ0) is 13.8. The lowest BCUT2D eigenvalue weighted by Gasteiger charge is -2.08. The van der Waals surface area contributed by atoms with Gasteiger partial charge >= 0.3 is 0 Å². The van der Waals surface area contributed by atoms with Gasteiger partial charge < -0.3 is 5.32 Å². The van der Waals surface area contributed by atoms with Crippen molar-refractivity contribution in [1.29, 1.82) is 0 Å². The van der Waals surface area contributed by atoms with E-state index in [1.807, 2.05) is 19.9 Å². The summed E-state index contributed by atoms with van der Waals surface area (Å²) in [5, 5.41) is 8.33. The summed E-state index contributed by atoms with van der Waals surface area (Å²) < 4.78 is 1.73. The molecule has 1 N–H and O–H groups in total. The molecule has 2 heterocycles. The van der Waals surface area contributed by atoms with Gasteiger partial charge in [0.05, 0.1) is 5.02 Å². The van der Waals surface area contributed by atoms with Crippen LogP contribution in [0, 0.1) is 13.8 Å². The second-order valence-corrected chi connectivity index (χ2v) is 4.84. The molecular formula is C13H18ClN5. The van der Waals surface area contributed by atoms with Crippen molar-refractivity contribution in [3.63, 3.8) is 0 Å². The van der Waals surface area contributed by atoms with Crippen LogP contribution < -0.4 is 5.32 Å². The Morgan fingerprint density at radius 2 is 2.16 bits per heavy atom. The third-order valence-electron chi connectivity index (χ3n) is 2.75. The number of hydrogen-bond acceptors (Lipinski definition) is 4. The Hall–Kier alpha value is -1.46. The third-order valence-corrected chi connectivity index (χ3v) is 3.09. The van der Waals surface area contributed by atoms with Crippen LogP contribution in [0.5, 0.6) is 0 Å². The molecule has 0 unspecified atom stereocenters. The van der Waals surface area contributed by atoms with E-state index in [1.165, 1.54) is 0 Å². The minimum atomic E-state index is 0.668. The van der Waals surface area contributed by atoms with E-state index in [-0.39, 0.29) is 0 Å². The lowest BCUT2D eigenvalue weighted by molar-refractivity contribution is 0.673. The molecule has 2 aromatic rings. The van der Waals surface area contributed by atoms with Crippen LogP contribution in [-0.2, 0) is 6.54 Å². The summed E-state index contributed by atoms with van der Waals surface area (Å²) >= 11 is 6.16. The van der Waals surface area contributed by atoms with Gasteiger partial charge in [-0.15, -0.1) is 5.10 Å². The molecule has 2 rings (SSSR count). The van der Waals surface area contributed by atoms with E-state index >= 15 is 0 Å². The number of pyridine rings is 1. The average molecular weight is 280 g/mol. The first-order valence-corrected chi connectivity index (χ1v) is 6.75. The summed E-state index contributed by atoms with van der Waals surface area (Å²) in [6.45, 7) is 7.60. The van der Waals surface area contributed by atoms with Crippen LogP contribution in [0.2, 0.25) is 5.02 Å². The fourth-order valence-corrected chi connectivity index (χ4v) is 2.03. The molecular weight excluding hydrogens is 262 g/mol. The summed E-state index contributed by atoms with van der Waals surface area (Å²) in [5.74, 6) is 2.30. The molecule has 6 heteroatoms. The van der Waals surface area contributed by atoms with Gasteiger partial charge in [-0.25, -0.2) is 9.97 Å². The van der Waals surface area contributed by atoms with Crippen LogP contribution in [-0.4, -0.2) is 26.3 Å². The minimum absolute atomic E-state index is 0.668. The molecule has 0 saturated heterocycles. The highest BCUT2D eigenvalue weighted by Gasteiger charge is 2.09. The van der Waals surface area contributed by atoms with Crippen LogP contribution in [0.4, 0.5) is 0 Å². The number of nitrogens with one attached hydrogen (secondary N) is 1. The normalized spacial score (nSPS) is 10.9. The van der Waals surface area contributed by atoms with Crippen molar-refractivity contribution >= 4 is 11.6 Å². The van der Waals surface area contributed by atoms with E-state index in [4.69, 9.17) is 11.6 Å². The smallest absolute Gasteiger partial charge is 0.155 e. The maximum atomic E-state index is 6.16. The highest BCUT2D eigenvalue weighted by molar-refractivity contribution is 6.31. The predicted molar refractivity (Wildman–Crippen MR) is 75.6 cm³/mol. The zero-order valence-corrected chi connectivity index (χ0v) is 12.2. The Morgan fingerprint density at radius 1 is 1.37 bits per heavy atom. The predicted octanol–water partition coefficient (Wildman–Crippen LogP) is 2.43. The summed E-state index contributed by atoms with van der Waals surface area (Å²) in [7, 11) is 0. The van der Waals surface area contributed by atoms with Crippen molar-refractivity contribution in [3.05, 3.63) is 34.5 Å². The molecule has 0 radical (unpaired) electrons. The van der Waals surface area contributed by atoms with Crippen LogP contribution >= 0.6 is 11.6 Å². The van der Waals surface area contributed by atoms with Gasteiger partial charge in [0, 0.05) is 12.7 Å². The topological polar surface area (TPSA) is 55.6 Å². The summed E-state index contributed by atoms with van der Waals surface area (Å²) in [6.07, 6.45) is 2.76. The molecule has 0 atom stereocenters. The summed E-state index contributed by atoms with van der Waals surface area (Å²) in [5.41, 5.74) is 1.02. The molecule has 0 aliphatic rings. The number of nitrogens with zero attached hydrogens (tertiary/aromatic N) is 4. The zero-order valence-electron chi connectivity index (χ0n) is 11.4. The van der Waals surface area contributed by atoms with Crippen molar-refractivity contribution in [2.24, 2.45) is 0 Å². The van der Waals surface area contributed by atoms with Gasteiger partial charge in [0.15, 0.2) is 5.82 Å². The van der Waals surface area contributed by atoms with Crippen LogP contribution in [0.25, 0.3) is 5.82 Å². The summed E-state index contributed by atoms with van der Waals surface area (Å²) in [4.78, 5) is 8.59. The molecule has 0 bridgehead atoms. The van der Waals surface area contributed by atoms with Gasteiger partial charge in [-0.1, -0.05) is 18.5 Å². The Balaban J connectivity index is 2.27. The molecule has 0 saturated carbocycles. The van der Waals surface area contributed by atoms with Gasteiger partial charge in [-0.2, -0.15) is 4.68 Å². The molecule has 2 aromatic heterocycles. The van der Waals surface area contributed by atoms with Crippen LogP contribution in [0.15, 0.2) is 12.3 Å². The molecule has 0 aliphatic carbocycles. The number of aromatic nitrogens is 4. The first-order chi connectivity index (χ1) is 9.11. The van der Waals surface area contributed by atoms with Crippen molar-refractivity contribution in [3.8, 4) is 5.82 Å². The quantitative estimate of drug-likeness (QED) is 0.854. The van der Waals surface area contributed by atoms with E-state index in [9.17, 15) is 0 Å². The number of aryl methyl sites for hydroxylation is 2. The van der Waals surface area contributed by atoms with E-state index in [1.54, 1.807) is 10.9 Å². The van der Waals surface area contributed by atoms with E-state index in [0.29, 0.717) is 5.02 Å². The lowest BCUT2D eigenvalue weighted by Crippen LogP contribution is -2.15. The van der Waals surface area contributed by atoms with Gasteiger partial charge in [0.2, 0.25) is 0 Å². The monoisotopic (exact) mass is 279 g/mol. The van der Waals surface area contributed by atoms with Gasteiger partial charge in [-0.05, 0) is 38.4 Å². The molecule has 19 heavy (non-hydrogen) atoms. The maximum Gasteiger partial charge on any atom is 0.155 e. The highest BCUT2D eigenvalue weighted by atomic mass is 35.5. The standard InChI is InChI=1S/C13H18ClN5/c1-4-5-15-7-11-6-13(16-8-12(11)14)19-10(3)17-9(2)18-19/h6,8,15H,4-5,7H2,1-3H3. The molecule has 102 valence electrons. The second-order valence-electron chi connectivity index (χ2n) is 4.43. The fourth-order valence-electron chi connectivity index (χ4n) is 1.86. The number of halogens is 1. The molecule has 5 nitrogen and oxygen atoms in total. The maximum absolute atomic E-state index is 6.16. The van der Waals surface area contributed by atoms with E-state index in [2.05, 4.69) is 27.3 Å². The largest absolute Gasteiger partial charge is 0.313 e. The van der Waals surface area contributed by atoms with Crippen molar-refractivity contribution in [2.75, 3.05) is 6.54 Å². The first-order valence-electron chi connectivity index (χ1n) is 6.37. The first kappa shape index (κ1) is 14.0. The number of rotatable bonds is 5. The molecule has 0 fully saturated rings. The van der Waals surface area contributed by atoms with Gasteiger partial charge in [0.1, 0.15) is 11.6 Å². The van der Waals surface area contributed by atoms with Gasteiger partial charge in [0.25, 0.3) is 0 Å². The third kappa shape index (κ3) is 3.30. The lowest BCUT2D eigenvalue weighted by atomic mass is 10.2. The number of hydrogen-bond donors (Lipinski definition) is 1. The highest BCUT2D eigenvalue weighted by Crippen LogP contribution is 2.17. The van der Waals surface area contributed by atoms with Crippen molar-refractivity contribution < 1.29 is 0 Å².